The number of rotatable bonds is 6. The lowest BCUT2D eigenvalue weighted by Gasteiger charge is -2.39. The lowest BCUT2D eigenvalue weighted by atomic mass is 9.97. The fourth-order valence-corrected chi connectivity index (χ4v) is 2.51. The average Bonchev–Trinajstić information content (AvgIpc) is 2.36. The van der Waals surface area contributed by atoms with Crippen LogP contribution in [0.3, 0.4) is 0 Å². The zero-order valence-corrected chi connectivity index (χ0v) is 10.8. The third-order valence-electron chi connectivity index (χ3n) is 3.47. The molecule has 0 spiro atoms. The molecular formula is C13H25N3O. The molecule has 0 aromatic carbocycles. The molecule has 1 rings (SSSR count). The summed E-state index contributed by atoms with van der Waals surface area (Å²) in [4.78, 5) is 14.2. The first kappa shape index (κ1) is 14.2. The molecule has 0 aliphatic carbocycles. The van der Waals surface area contributed by atoms with Gasteiger partial charge >= 0.3 is 0 Å². The van der Waals surface area contributed by atoms with Gasteiger partial charge in [0.15, 0.2) is 0 Å². The zero-order chi connectivity index (χ0) is 12.7. The predicted molar refractivity (Wildman–Crippen MR) is 70.7 cm³/mol. The SMILES string of the molecule is C=CCNC(=O)C(C)N1CCCCC1CCN. The van der Waals surface area contributed by atoms with Gasteiger partial charge < -0.3 is 11.1 Å². The van der Waals surface area contributed by atoms with E-state index in [-0.39, 0.29) is 11.9 Å². The maximum Gasteiger partial charge on any atom is 0.237 e. The molecule has 17 heavy (non-hydrogen) atoms. The molecule has 0 radical (unpaired) electrons. The van der Waals surface area contributed by atoms with Gasteiger partial charge in [-0.25, -0.2) is 0 Å². The zero-order valence-electron chi connectivity index (χ0n) is 10.8. The van der Waals surface area contributed by atoms with Crippen LogP contribution in [0, 0.1) is 0 Å². The second-order valence-electron chi connectivity index (χ2n) is 4.67. The summed E-state index contributed by atoms with van der Waals surface area (Å²) in [5, 5.41) is 2.86. The van der Waals surface area contributed by atoms with E-state index in [1.807, 2.05) is 6.92 Å². The molecule has 0 bridgehead atoms. The normalized spacial score (nSPS) is 23.1. The van der Waals surface area contributed by atoms with Crippen molar-refractivity contribution in [3.63, 3.8) is 0 Å². The molecule has 2 unspecified atom stereocenters. The molecule has 4 nitrogen and oxygen atoms in total. The maximum atomic E-state index is 11.9. The third kappa shape index (κ3) is 4.13. The molecule has 1 fully saturated rings. The highest BCUT2D eigenvalue weighted by molar-refractivity contribution is 5.81. The van der Waals surface area contributed by atoms with E-state index in [9.17, 15) is 4.79 Å². The molecule has 1 saturated heterocycles. The van der Waals surface area contributed by atoms with Crippen LogP contribution in [0.4, 0.5) is 0 Å². The molecular weight excluding hydrogens is 214 g/mol. The molecule has 0 aromatic rings. The van der Waals surface area contributed by atoms with Gasteiger partial charge in [0.2, 0.25) is 5.91 Å². The molecule has 0 aromatic heterocycles. The van der Waals surface area contributed by atoms with Crippen molar-refractivity contribution < 1.29 is 4.79 Å². The van der Waals surface area contributed by atoms with E-state index in [2.05, 4.69) is 16.8 Å². The summed E-state index contributed by atoms with van der Waals surface area (Å²) >= 11 is 0. The van der Waals surface area contributed by atoms with Gasteiger partial charge in [-0.1, -0.05) is 12.5 Å². The third-order valence-corrected chi connectivity index (χ3v) is 3.47. The average molecular weight is 239 g/mol. The van der Waals surface area contributed by atoms with Gasteiger partial charge in [-0.15, -0.1) is 6.58 Å². The van der Waals surface area contributed by atoms with Crippen LogP contribution in [0.5, 0.6) is 0 Å². The van der Waals surface area contributed by atoms with Crippen molar-refractivity contribution in [2.75, 3.05) is 19.6 Å². The number of likely N-dealkylation sites (tertiary alicyclic amines) is 1. The number of amides is 1. The monoisotopic (exact) mass is 239 g/mol. The van der Waals surface area contributed by atoms with Crippen LogP contribution in [0.25, 0.3) is 0 Å². The van der Waals surface area contributed by atoms with Gasteiger partial charge in [-0.3, -0.25) is 9.69 Å². The molecule has 0 saturated carbocycles. The van der Waals surface area contributed by atoms with Crippen LogP contribution in [0.2, 0.25) is 0 Å². The summed E-state index contributed by atoms with van der Waals surface area (Å²) in [6.07, 6.45) is 6.29. The van der Waals surface area contributed by atoms with Crippen LogP contribution >= 0.6 is 0 Å². The summed E-state index contributed by atoms with van der Waals surface area (Å²) in [6.45, 7) is 7.83. The van der Waals surface area contributed by atoms with Gasteiger partial charge in [-0.05, 0) is 39.3 Å². The van der Waals surface area contributed by atoms with Crippen LogP contribution in [-0.4, -0.2) is 42.5 Å². The van der Waals surface area contributed by atoms with E-state index in [1.165, 1.54) is 12.8 Å². The van der Waals surface area contributed by atoms with Crippen molar-refractivity contribution in [2.24, 2.45) is 5.73 Å². The largest absolute Gasteiger partial charge is 0.351 e. The van der Waals surface area contributed by atoms with Gasteiger partial charge in [0.05, 0.1) is 6.04 Å². The lowest BCUT2D eigenvalue weighted by molar-refractivity contribution is -0.127. The van der Waals surface area contributed by atoms with Crippen LogP contribution in [0.1, 0.15) is 32.6 Å². The molecule has 1 aliphatic rings. The Morgan fingerprint density at radius 3 is 3.06 bits per heavy atom. The van der Waals surface area contributed by atoms with Gasteiger partial charge in [0.1, 0.15) is 0 Å². The summed E-state index contributed by atoms with van der Waals surface area (Å²) in [7, 11) is 0. The first-order chi connectivity index (χ1) is 8.20. The van der Waals surface area contributed by atoms with Gasteiger partial charge in [0, 0.05) is 12.6 Å². The van der Waals surface area contributed by atoms with Crippen molar-refractivity contribution in [1.29, 1.82) is 0 Å². The summed E-state index contributed by atoms with van der Waals surface area (Å²) in [5.41, 5.74) is 5.64. The highest BCUT2D eigenvalue weighted by Crippen LogP contribution is 2.21. The molecule has 98 valence electrons. The molecule has 1 amide bonds. The Hall–Kier alpha value is -0.870. The Morgan fingerprint density at radius 1 is 1.65 bits per heavy atom. The summed E-state index contributed by atoms with van der Waals surface area (Å²) in [6, 6.07) is 0.407. The summed E-state index contributed by atoms with van der Waals surface area (Å²) < 4.78 is 0. The molecule has 1 heterocycles. The minimum atomic E-state index is -0.0631. The smallest absolute Gasteiger partial charge is 0.237 e. The maximum absolute atomic E-state index is 11.9. The van der Waals surface area contributed by atoms with E-state index in [0.717, 1.165) is 19.4 Å². The second-order valence-corrected chi connectivity index (χ2v) is 4.67. The molecule has 3 N–H and O–H groups in total. The Morgan fingerprint density at radius 2 is 2.41 bits per heavy atom. The van der Waals surface area contributed by atoms with Gasteiger partial charge in [0.25, 0.3) is 0 Å². The van der Waals surface area contributed by atoms with Crippen molar-refractivity contribution in [2.45, 2.75) is 44.7 Å². The quantitative estimate of drug-likeness (QED) is 0.677. The van der Waals surface area contributed by atoms with Crippen molar-refractivity contribution in [3.05, 3.63) is 12.7 Å². The minimum Gasteiger partial charge on any atom is -0.351 e. The van der Waals surface area contributed by atoms with Crippen LogP contribution in [-0.2, 0) is 4.79 Å². The number of hydrogen-bond donors (Lipinski definition) is 2. The van der Waals surface area contributed by atoms with E-state index in [0.29, 0.717) is 19.1 Å². The highest BCUT2D eigenvalue weighted by Gasteiger charge is 2.29. The van der Waals surface area contributed by atoms with Crippen LogP contribution < -0.4 is 11.1 Å². The summed E-state index contributed by atoms with van der Waals surface area (Å²) in [5.74, 6) is 0.0915. The fourth-order valence-electron chi connectivity index (χ4n) is 2.51. The van der Waals surface area contributed by atoms with E-state index >= 15 is 0 Å². The van der Waals surface area contributed by atoms with Gasteiger partial charge in [-0.2, -0.15) is 0 Å². The fraction of sp³-hybridized carbons (Fsp3) is 0.769. The van der Waals surface area contributed by atoms with E-state index in [1.54, 1.807) is 6.08 Å². The van der Waals surface area contributed by atoms with E-state index in [4.69, 9.17) is 5.73 Å². The number of carbonyl (C=O) groups excluding carboxylic acids is 1. The Balaban J connectivity index is 2.54. The number of nitrogens with two attached hydrogens (primary N) is 1. The number of nitrogens with one attached hydrogen (secondary N) is 1. The first-order valence-electron chi connectivity index (χ1n) is 6.55. The number of carbonyl (C=O) groups is 1. The molecule has 2 atom stereocenters. The topological polar surface area (TPSA) is 58.4 Å². The van der Waals surface area contributed by atoms with Crippen molar-refractivity contribution in [1.82, 2.24) is 10.2 Å². The standard InChI is InChI=1S/C13H25N3O/c1-3-9-15-13(17)11(2)16-10-5-4-6-12(16)7-8-14/h3,11-12H,1,4-10,14H2,2H3,(H,15,17). The number of piperidine rings is 1. The number of hydrogen-bond acceptors (Lipinski definition) is 3. The lowest BCUT2D eigenvalue weighted by Crippen LogP contribution is -2.52. The Bertz CT molecular complexity index is 253. The number of nitrogens with zero attached hydrogens (tertiary/aromatic N) is 1. The highest BCUT2D eigenvalue weighted by atomic mass is 16.2. The predicted octanol–water partition coefficient (Wildman–Crippen LogP) is 0.880. The molecule has 1 aliphatic heterocycles. The minimum absolute atomic E-state index is 0.0631. The van der Waals surface area contributed by atoms with Crippen molar-refractivity contribution in [3.8, 4) is 0 Å². The Kier molecular flexibility index (Phi) is 6.22. The Labute approximate surface area is 104 Å². The second kappa shape index (κ2) is 7.45. The van der Waals surface area contributed by atoms with Crippen LogP contribution in [0.15, 0.2) is 12.7 Å². The first-order valence-corrected chi connectivity index (χ1v) is 6.55. The van der Waals surface area contributed by atoms with Crippen molar-refractivity contribution >= 4 is 5.91 Å². The molecule has 4 heteroatoms. The van der Waals surface area contributed by atoms with E-state index < -0.39 is 0 Å².